The Balaban J connectivity index is 1.39. The van der Waals surface area contributed by atoms with Crippen LogP contribution in [0, 0.1) is 17.8 Å². The monoisotopic (exact) mass is 361 g/mol. The highest BCUT2D eigenvalue weighted by atomic mass is 35.5. The van der Waals surface area contributed by atoms with Gasteiger partial charge in [0.25, 0.3) is 5.91 Å². The quantitative estimate of drug-likeness (QED) is 0.829. The SMILES string of the molecule is C[C@H]([NH2+][C@H](C)C(=O)NC12CC3CC(CC(C3)C1)C2)c1ccccc1Cl. The third-order valence-corrected chi connectivity index (χ3v) is 7.16. The van der Waals surface area contributed by atoms with Gasteiger partial charge in [-0.05, 0) is 76.2 Å². The third kappa shape index (κ3) is 3.46. The van der Waals surface area contributed by atoms with E-state index in [4.69, 9.17) is 11.6 Å². The molecular formula is C21H30ClN2O+. The molecule has 0 heterocycles. The lowest BCUT2D eigenvalue weighted by Gasteiger charge is -2.57. The first kappa shape index (κ1) is 17.4. The average molecular weight is 362 g/mol. The van der Waals surface area contributed by atoms with Crippen LogP contribution in [0.15, 0.2) is 24.3 Å². The summed E-state index contributed by atoms with van der Waals surface area (Å²) in [6.45, 7) is 4.14. The topological polar surface area (TPSA) is 45.7 Å². The van der Waals surface area contributed by atoms with E-state index < -0.39 is 0 Å². The Kier molecular flexibility index (Phi) is 4.57. The normalized spacial score (nSPS) is 35.4. The van der Waals surface area contributed by atoms with Crippen LogP contribution in [0.5, 0.6) is 0 Å². The second-order valence-electron chi connectivity index (χ2n) is 8.98. The molecule has 1 aromatic rings. The van der Waals surface area contributed by atoms with Crippen LogP contribution in [-0.2, 0) is 4.79 Å². The summed E-state index contributed by atoms with van der Waals surface area (Å²) in [7, 11) is 0. The van der Waals surface area contributed by atoms with E-state index >= 15 is 0 Å². The van der Waals surface area contributed by atoms with Gasteiger partial charge in [-0.2, -0.15) is 0 Å². The number of rotatable bonds is 5. The molecule has 0 aromatic heterocycles. The molecule has 25 heavy (non-hydrogen) atoms. The number of hydrogen-bond donors (Lipinski definition) is 2. The van der Waals surface area contributed by atoms with Crippen molar-refractivity contribution in [2.45, 2.75) is 70.0 Å². The second-order valence-corrected chi connectivity index (χ2v) is 9.39. The molecule has 4 heteroatoms. The standard InChI is InChI=1S/C21H29ClN2O/c1-13(18-5-3-4-6-19(18)22)23-14(2)20(25)24-21-10-15-7-16(11-21)9-17(8-15)12-21/h3-6,13-17,23H,7-12H2,1-2H3,(H,24,25)/p+1/t13-,14+,15?,16?,17?,21?/m0/s1. The van der Waals surface area contributed by atoms with Gasteiger partial charge < -0.3 is 10.6 Å². The third-order valence-electron chi connectivity index (χ3n) is 6.81. The highest BCUT2D eigenvalue weighted by Crippen LogP contribution is 2.55. The lowest BCUT2D eigenvalue weighted by molar-refractivity contribution is -0.710. The van der Waals surface area contributed by atoms with E-state index in [9.17, 15) is 4.79 Å². The molecule has 0 radical (unpaired) electrons. The lowest BCUT2D eigenvalue weighted by atomic mass is 9.53. The van der Waals surface area contributed by atoms with Crippen molar-refractivity contribution >= 4 is 17.5 Å². The summed E-state index contributed by atoms with van der Waals surface area (Å²) in [5, 5.41) is 6.41. The molecule has 0 saturated heterocycles. The van der Waals surface area contributed by atoms with E-state index in [0.717, 1.165) is 28.3 Å². The number of amides is 1. The first-order chi connectivity index (χ1) is 11.9. The Bertz CT molecular complexity index is 624. The van der Waals surface area contributed by atoms with E-state index in [1.165, 1.54) is 38.5 Å². The van der Waals surface area contributed by atoms with Crippen molar-refractivity contribution in [1.82, 2.24) is 5.32 Å². The number of halogens is 1. The zero-order valence-electron chi connectivity index (χ0n) is 15.3. The largest absolute Gasteiger partial charge is 0.345 e. The minimum Gasteiger partial charge on any atom is -0.345 e. The van der Waals surface area contributed by atoms with Gasteiger partial charge in [0.2, 0.25) is 0 Å². The molecule has 4 fully saturated rings. The molecule has 0 aliphatic heterocycles. The summed E-state index contributed by atoms with van der Waals surface area (Å²) >= 11 is 6.31. The minimum atomic E-state index is -0.0979. The predicted molar refractivity (Wildman–Crippen MR) is 100 cm³/mol. The molecule has 0 spiro atoms. The maximum Gasteiger partial charge on any atom is 0.278 e. The van der Waals surface area contributed by atoms with Crippen molar-refractivity contribution in [2.24, 2.45) is 17.8 Å². The zero-order valence-corrected chi connectivity index (χ0v) is 16.1. The Labute approximate surface area is 155 Å². The van der Waals surface area contributed by atoms with Crippen LogP contribution in [0.4, 0.5) is 0 Å². The van der Waals surface area contributed by atoms with E-state index in [0.29, 0.717) is 0 Å². The van der Waals surface area contributed by atoms with Crippen LogP contribution in [0.3, 0.4) is 0 Å². The average Bonchev–Trinajstić information content (AvgIpc) is 2.53. The molecule has 4 aliphatic carbocycles. The van der Waals surface area contributed by atoms with Gasteiger partial charge in [-0.1, -0.05) is 29.8 Å². The second kappa shape index (κ2) is 6.59. The summed E-state index contributed by atoms with van der Waals surface area (Å²) in [4.78, 5) is 12.9. The number of carbonyl (C=O) groups excluding carboxylic acids is 1. The molecule has 4 saturated carbocycles. The van der Waals surface area contributed by atoms with Crippen molar-refractivity contribution in [3.8, 4) is 0 Å². The van der Waals surface area contributed by atoms with Crippen molar-refractivity contribution in [1.29, 1.82) is 0 Å². The lowest BCUT2D eigenvalue weighted by Crippen LogP contribution is -2.92. The molecule has 5 rings (SSSR count). The molecule has 2 atom stereocenters. The van der Waals surface area contributed by atoms with Crippen LogP contribution in [0.1, 0.15) is 64.0 Å². The summed E-state index contributed by atoms with van der Waals surface area (Å²) in [5.41, 5.74) is 1.19. The molecule has 3 N–H and O–H groups in total. The molecule has 4 bridgehead atoms. The van der Waals surface area contributed by atoms with Gasteiger partial charge in [0.1, 0.15) is 6.04 Å². The molecular weight excluding hydrogens is 332 g/mol. The number of hydrogen-bond acceptors (Lipinski definition) is 1. The van der Waals surface area contributed by atoms with E-state index in [-0.39, 0.29) is 23.5 Å². The van der Waals surface area contributed by atoms with E-state index in [1.54, 1.807) is 0 Å². The van der Waals surface area contributed by atoms with Crippen LogP contribution in [0.25, 0.3) is 0 Å². The number of nitrogens with one attached hydrogen (secondary N) is 1. The predicted octanol–water partition coefficient (Wildman–Crippen LogP) is 3.44. The Morgan fingerprint density at radius 1 is 1.12 bits per heavy atom. The summed E-state index contributed by atoms with van der Waals surface area (Å²) in [6, 6.07) is 7.99. The number of quaternary nitrogens is 1. The smallest absolute Gasteiger partial charge is 0.278 e. The van der Waals surface area contributed by atoms with Gasteiger partial charge in [-0.3, -0.25) is 4.79 Å². The fourth-order valence-corrected chi connectivity index (χ4v) is 6.42. The fourth-order valence-electron chi connectivity index (χ4n) is 6.11. The minimum absolute atomic E-state index is 0.0979. The molecule has 1 amide bonds. The summed E-state index contributed by atoms with van der Waals surface area (Å²) in [5.74, 6) is 2.76. The maximum atomic E-state index is 12.9. The molecule has 0 unspecified atom stereocenters. The zero-order chi connectivity index (χ0) is 17.6. The van der Waals surface area contributed by atoms with Crippen LogP contribution in [0.2, 0.25) is 5.02 Å². The number of carbonyl (C=O) groups is 1. The van der Waals surface area contributed by atoms with Crippen LogP contribution < -0.4 is 10.6 Å². The van der Waals surface area contributed by atoms with Crippen molar-refractivity contribution in [3.05, 3.63) is 34.9 Å². The van der Waals surface area contributed by atoms with Crippen molar-refractivity contribution < 1.29 is 10.1 Å². The van der Waals surface area contributed by atoms with Gasteiger partial charge in [0.15, 0.2) is 6.04 Å². The van der Waals surface area contributed by atoms with Gasteiger partial charge in [-0.25, -0.2) is 0 Å². The summed E-state index contributed by atoms with van der Waals surface area (Å²) < 4.78 is 0. The van der Waals surface area contributed by atoms with Crippen molar-refractivity contribution in [2.75, 3.05) is 0 Å². The van der Waals surface area contributed by atoms with Gasteiger partial charge in [0.05, 0.1) is 0 Å². The number of benzene rings is 1. The van der Waals surface area contributed by atoms with Gasteiger partial charge >= 0.3 is 0 Å². The molecule has 136 valence electrons. The van der Waals surface area contributed by atoms with Gasteiger partial charge in [-0.15, -0.1) is 0 Å². The molecule has 3 nitrogen and oxygen atoms in total. The maximum absolute atomic E-state index is 12.9. The molecule has 4 aliphatic rings. The Hall–Kier alpha value is -1.06. The number of nitrogens with two attached hydrogens (primary N) is 1. The van der Waals surface area contributed by atoms with E-state index in [1.807, 2.05) is 31.2 Å². The fraction of sp³-hybridized carbons (Fsp3) is 0.667. The Morgan fingerprint density at radius 2 is 1.68 bits per heavy atom. The van der Waals surface area contributed by atoms with E-state index in [2.05, 4.69) is 17.6 Å². The highest BCUT2D eigenvalue weighted by Gasteiger charge is 2.51. The Morgan fingerprint density at radius 3 is 2.24 bits per heavy atom. The van der Waals surface area contributed by atoms with Crippen LogP contribution >= 0.6 is 11.6 Å². The van der Waals surface area contributed by atoms with Crippen molar-refractivity contribution in [3.63, 3.8) is 0 Å². The first-order valence-electron chi connectivity index (χ1n) is 9.85. The summed E-state index contributed by atoms with van der Waals surface area (Å²) in [6.07, 6.45) is 7.83. The first-order valence-corrected chi connectivity index (χ1v) is 10.2. The molecule has 1 aromatic carbocycles. The van der Waals surface area contributed by atoms with Gasteiger partial charge in [0, 0.05) is 16.1 Å². The highest BCUT2D eigenvalue weighted by molar-refractivity contribution is 6.31. The van der Waals surface area contributed by atoms with Crippen LogP contribution in [-0.4, -0.2) is 17.5 Å².